The lowest BCUT2D eigenvalue weighted by Crippen LogP contribution is -2.49. The maximum Gasteiger partial charge on any atom is 0.332 e. The molecule has 26 heavy (non-hydrogen) atoms. The van der Waals surface area contributed by atoms with E-state index in [1.165, 1.54) is 4.90 Å². The van der Waals surface area contributed by atoms with Crippen LogP contribution in [0.1, 0.15) is 18.2 Å². The Hall–Kier alpha value is -2.60. The molecule has 0 saturated carbocycles. The summed E-state index contributed by atoms with van der Waals surface area (Å²) in [6, 6.07) is 15.0. The highest BCUT2D eigenvalue weighted by Crippen LogP contribution is 2.45. The third kappa shape index (κ3) is 1.85. The molecule has 3 aromatic rings. The number of nitrogens with zero attached hydrogens (tertiary/aromatic N) is 2. The van der Waals surface area contributed by atoms with Crippen molar-refractivity contribution in [3.8, 4) is 0 Å². The molecular formula is C20H16BrN3O2. The van der Waals surface area contributed by atoms with Gasteiger partial charge in [0, 0.05) is 21.9 Å². The van der Waals surface area contributed by atoms with E-state index in [0.717, 1.165) is 33.1 Å². The lowest BCUT2D eigenvalue weighted by molar-refractivity contribution is -0.125. The highest BCUT2D eigenvalue weighted by molar-refractivity contribution is 9.10. The van der Waals surface area contributed by atoms with Gasteiger partial charge in [0.1, 0.15) is 0 Å². The van der Waals surface area contributed by atoms with E-state index in [1.807, 2.05) is 37.3 Å². The first-order valence-electron chi connectivity index (χ1n) is 8.53. The summed E-state index contributed by atoms with van der Waals surface area (Å²) in [5.74, 6) is -0.211. The van der Waals surface area contributed by atoms with Crippen LogP contribution < -0.4 is 4.90 Å². The fourth-order valence-electron chi connectivity index (χ4n) is 4.21. The summed E-state index contributed by atoms with van der Waals surface area (Å²) in [5, 5.41) is 1.13. The number of benzene rings is 2. The van der Waals surface area contributed by atoms with Crippen LogP contribution in [0.15, 0.2) is 53.0 Å². The average molecular weight is 410 g/mol. The number of rotatable bonds is 1. The first-order valence-corrected chi connectivity index (χ1v) is 9.33. The molecule has 2 aliphatic rings. The molecule has 3 heterocycles. The third-order valence-corrected chi connectivity index (χ3v) is 6.08. The van der Waals surface area contributed by atoms with Crippen LogP contribution in [0.2, 0.25) is 0 Å². The highest BCUT2D eigenvalue weighted by Gasteiger charge is 2.58. The number of anilines is 1. The number of hydrogen-bond acceptors (Lipinski definition) is 2. The van der Waals surface area contributed by atoms with Gasteiger partial charge in [-0.05, 0) is 49.2 Å². The molecule has 1 aromatic heterocycles. The van der Waals surface area contributed by atoms with E-state index in [2.05, 4.69) is 27.0 Å². The van der Waals surface area contributed by atoms with Crippen LogP contribution in [0, 0.1) is 0 Å². The summed E-state index contributed by atoms with van der Waals surface area (Å²) >= 11 is 3.39. The quantitative estimate of drug-likeness (QED) is 0.613. The molecule has 1 fully saturated rings. The monoisotopic (exact) mass is 409 g/mol. The Bertz CT molecular complexity index is 1070. The first kappa shape index (κ1) is 15.6. The first-order chi connectivity index (χ1) is 12.5. The summed E-state index contributed by atoms with van der Waals surface area (Å²) < 4.78 is 0.905. The van der Waals surface area contributed by atoms with Crippen molar-refractivity contribution in [3.63, 3.8) is 0 Å². The number of fused-ring (bicyclic) bond motifs is 5. The summed E-state index contributed by atoms with van der Waals surface area (Å²) in [6.07, 6.45) is 0.738. The molecular weight excluding hydrogens is 394 g/mol. The predicted molar refractivity (Wildman–Crippen MR) is 103 cm³/mol. The SMILES string of the molecule is C[C@@]12C(=O)N(c3ccc(Br)cc3)C(=O)N1CCc1c2[nH]c2ccccc12. The van der Waals surface area contributed by atoms with Crippen LogP contribution in [0.5, 0.6) is 0 Å². The van der Waals surface area contributed by atoms with Crippen molar-refractivity contribution in [3.05, 3.63) is 64.3 Å². The Balaban J connectivity index is 1.69. The minimum Gasteiger partial charge on any atom is -0.356 e. The zero-order valence-corrected chi connectivity index (χ0v) is 15.7. The van der Waals surface area contributed by atoms with Gasteiger partial charge in [0.05, 0.1) is 11.4 Å². The number of para-hydroxylation sites is 1. The van der Waals surface area contributed by atoms with Gasteiger partial charge >= 0.3 is 6.03 Å². The van der Waals surface area contributed by atoms with Gasteiger partial charge in [-0.1, -0.05) is 34.1 Å². The second kappa shape index (κ2) is 5.20. The van der Waals surface area contributed by atoms with Gasteiger partial charge in [-0.3, -0.25) is 4.79 Å². The van der Waals surface area contributed by atoms with E-state index >= 15 is 0 Å². The maximum atomic E-state index is 13.4. The highest BCUT2D eigenvalue weighted by atomic mass is 79.9. The van der Waals surface area contributed by atoms with Gasteiger partial charge in [-0.25, -0.2) is 9.69 Å². The number of aromatic amines is 1. The summed E-state index contributed by atoms with van der Waals surface area (Å²) in [6.45, 7) is 2.38. The number of amides is 3. The van der Waals surface area contributed by atoms with Crippen LogP contribution in [0.4, 0.5) is 10.5 Å². The van der Waals surface area contributed by atoms with Gasteiger partial charge < -0.3 is 9.88 Å². The number of halogens is 1. The van der Waals surface area contributed by atoms with Crippen molar-refractivity contribution in [2.24, 2.45) is 0 Å². The molecule has 0 radical (unpaired) electrons. The Morgan fingerprint density at radius 2 is 1.81 bits per heavy atom. The van der Waals surface area contributed by atoms with Crippen LogP contribution in [-0.2, 0) is 16.8 Å². The minimum absolute atomic E-state index is 0.211. The molecule has 1 saturated heterocycles. The summed E-state index contributed by atoms with van der Waals surface area (Å²) in [5.41, 5.74) is 2.57. The minimum atomic E-state index is -1.00. The molecule has 5 rings (SSSR count). The molecule has 0 bridgehead atoms. The number of H-pyrrole nitrogens is 1. The second-order valence-corrected chi connectivity index (χ2v) is 7.81. The van der Waals surface area contributed by atoms with Crippen LogP contribution in [-0.4, -0.2) is 28.4 Å². The Morgan fingerprint density at radius 3 is 2.58 bits per heavy atom. The summed E-state index contributed by atoms with van der Waals surface area (Å²) in [7, 11) is 0. The number of nitrogens with one attached hydrogen (secondary N) is 1. The molecule has 3 amide bonds. The van der Waals surface area contributed by atoms with Crippen molar-refractivity contribution in [2.75, 3.05) is 11.4 Å². The molecule has 5 nitrogen and oxygen atoms in total. The standard InChI is InChI=1S/C20H16BrN3O2/c1-20-17-15(14-4-2-3-5-16(14)22-17)10-11-23(20)19(26)24(18(20)25)13-8-6-12(21)7-9-13/h2-9,22H,10-11H2,1H3/t20-/m1/s1. The molecule has 6 heteroatoms. The topological polar surface area (TPSA) is 56.4 Å². The van der Waals surface area contributed by atoms with Crippen molar-refractivity contribution in [1.29, 1.82) is 0 Å². The molecule has 0 unspecified atom stereocenters. The van der Waals surface area contributed by atoms with Crippen molar-refractivity contribution in [1.82, 2.24) is 9.88 Å². The number of aromatic nitrogens is 1. The average Bonchev–Trinajstić information content (AvgIpc) is 3.11. The van der Waals surface area contributed by atoms with E-state index in [-0.39, 0.29) is 11.9 Å². The molecule has 1 atom stereocenters. The zero-order chi connectivity index (χ0) is 18.1. The van der Waals surface area contributed by atoms with Crippen LogP contribution >= 0.6 is 15.9 Å². The predicted octanol–water partition coefficient (Wildman–Crippen LogP) is 4.17. The maximum absolute atomic E-state index is 13.4. The molecule has 2 aliphatic heterocycles. The van der Waals surface area contributed by atoms with Crippen molar-refractivity contribution >= 4 is 44.5 Å². The van der Waals surface area contributed by atoms with Gasteiger partial charge in [0.25, 0.3) is 5.91 Å². The number of hydrogen-bond donors (Lipinski definition) is 1. The summed E-state index contributed by atoms with van der Waals surface area (Å²) in [4.78, 5) is 32.9. The molecule has 1 N–H and O–H groups in total. The Labute approximate surface area is 158 Å². The van der Waals surface area contributed by atoms with E-state index in [9.17, 15) is 9.59 Å². The molecule has 0 spiro atoms. The van der Waals surface area contributed by atoms with Crippen molar-refractivity contribution < 1.29 is 9.59 Å². The lowest BCUT2D eigenvalue weighted by atomic mass is 9.87. The van der Waals surface area contributed by atoms with E-state index in [0.29, 0.717) is 12.2 Å². The van der Waals surface area contributed by atoms with Gasteiger partial charge in [-0.2, -0.15) is 0 Å². The van der Waals surface area contributed by atoms with E-state index in [4.69, 9.17) is 0 Å². The Kier molecular flexibility index (Phi) is 3.13. The van der Waals surface area contributed by atoms with E-state index < -0.39 is 5.54 Å². The number of urea groups is 1. The second-order valence-electron chi connectivity index (χ2n) is 6.90. The largest absolute Gasteiger partial charge is 0.356 e. The smallest absolute Gasteiger partial charge is 0.332 e. The fraction of sp³-hybridized carbons (Fsp3) is 0.200. The third-order valence-electron chi connectivity index (χ3n) is 5.55. The van der Waals surface area contributed by atoms with E-state index in [1.54, 1.807) is 17.0 Å². The fourth-order valence-corrected chi connectivity index (χ4v) is 4.47. The van der Waals surface area contributed by atoms with Gasteiger partial charge in [0.2, 0.25) is 0 Å². The number of carbonyl (C=O) groups is 2. The lowest BCUT2D eigenvalue weighted by Gasteiger charge is -2.35. The number of imide groups is 1. The van der Waals surface area contributed by atoms with Crippen LogP contribution in [0.25, 0.3) is 10.9 Å². The number of carbonyl (C=O) groups excluding carboxylic acids is 2. The normalized spacial score (nSPS) is 22.1. The van der Waals surface area contributed by atoms with Gasteiger partial charge in [0.15, 0.2) is 5.54 Å². The molecule has 0 aliphatic carbocycles. The Morgan fingerprint density at radius 1 is 1.08 bits per heavy atom. The van der Waals surface area contributed by atoms with Crippen LogP contribution in [0.3, 0.4) is 0 Å². The zero-order valence-electron chi connectivity index (χ0n) is 14.1. The van der Waals surface area contributed by atoms with Gasteiger partial charge in [-0.15, -0.1) is 0 Å². The molecule has 2 aromatic carbocycles. The van der Waals surface area contributed by atoms with Crippen molar-refractivity contribution in [2.45, 2.75) is 18.9 Å². The molecule has 130 valence electrons.